The van der Waals surface area contributed by atoms with Crippen LogP contribution in [0.4, 0.5) is 18.9 Å². The molecule has 0 saturated carbocycles. The quantitative estimate of drug-likeness (QED) is 0.811. The van der Waals surface area contributed by atoms with E-state index in [1.54, 1.807) is 12.3 Å². The van der Waals surface area contributed by atoms with Crippen molar-refractivity contribution in [2.75, 3.05) is 11.4 Å². The zero-order chi connectivity index (χ0) is 15.2. The third kappa shape index (κ3) is 2.44. The van der Waals surface area contributed by atoms with Crippen LogP contribution >= 0.6 is 11.6 Å². The van der Waals surface area contributed by atoms with Gasteiger partial charge in [0.2, 0.25) is 5.82 Å². The van der Waals surface area contributed by atoms with E-state index >= 15 is 0 Å². The van der Waals surface area contributed by atoms with Crippen LogP contribution in [0.1, 0.15) is 24.5 Å². The van der Waals surface area contributed by atoms with Gasteiger partial charge in [0.1, 0.15) is 0 Å². The van der Waals surface area contributed by atoms with Crippen molar-refractivity contribution >= 4 is 17.3 Å². The van der Waals surface area contributed by atoms with Gasteiger partial charge in [-0.2, -0.15) is 18.3 Å². The van der Waals surface area contributed by atoms with Crippen molar-refractivity contribution in [3.05, 3.63) is 35.1 Å². The van der Waals surface area contributed by atoms with Crippen LogP contribution in [-0.2, 0) is 12.7 Å². The lowest BCUT2D eigenvalue weighted by molar-refractivity contribution is -0.147. The summed E-state index contributed by atoms with van der Waals surface area (Å²) >= 11 is 5.81. The summed E-state index contributed by atoms with van der Waals surface area (Å²) in [4.78, 5) is 5.45. The summed E-state index contributed by atoms with van der Waals surface area (Å²) in [5.41, 5.74) is 1.24. The Balaban J connectivity index is 1.97. The number of nitrogens with zero attached hydrogens (tertiary/aromatic N) is 5. The van der Waals surface area contributed by atoms with Gasteiger partial charge in [-0.15, -0.1) is 5.10 Å². The first-order chi connectivity index (χ1) is 9.88. The van der Waals surface area contributed by atoms with Gasteiger partial charge in [0.15, 0.2) is 5.15 Å². The lowest BCUT2D eigenvalue weighted by atomic mass is 10.1. The molecule has 0 radical (unpaired) electrons. The first kappa shape index (κ1) is 14.1. The summed E-state index contributed by atoms with van der Waals surface area (Å²) in [6, 6.07) is 1.38. The predicted octanol–water partition coefficient (Wildman–Crippen LogP) is 2.93. The molecule has 0 spiro atoms. The minimum Gasteiger partial charge on any atom is -0.360 e. The molecule has 0 bridgehead atoms. The Kier molecular flexibility index (Phi) is 3.27. The number of rotatable bonds is 1. The molecule has 1 atom stereocenters. The molecule has 0 aromatic carbocycles. The molecular weight excluding hydrogens is 307 g/mol. The van der Waals surface area contributed by atoms with Gasteiger partial charge in [0, 0.05) is 19.2 Å². The average molecular weight is 318 g/mol. The number of fused-ring (bicyclic) bond motifs is 1. The van der Waals surface area contributed by atoms with Crippen LogP contribution in [0.2, 0.25) is 5.15 Å². The van der Waals surface area contributed by atoms with E-state index in [0.29, 0.717) is 12.2 Å². The summed E-state index contributed by atoms with van der Waals surface area (Å²) < 4.78 is 39.8. The zero-order valence-electron chi connectivity index (χ0n) is 11.0. The number of hydrogen-bond donors (Lipinski definition) is 0. The fourth-order valence-corrected chi connectivity index (χ4v) is 2.74. The van der Waals surface area contributed by atoms with E-state index in [0.717, 1.165) is 5.69 Å². The summed E-state index contributed by atoms with van der Waals surface area (Å²) in [7, 11) is 0. The summed E-state index contributed by atoms with van der Waals surface area (Å²) in [6.45, 7) is 2.44. The molecular formula is C12H11ClF3N5. The molecule has 1 unspecified atom stereocenters. The molecule has 3 rings (SSSR count). The van der Waals surface area contributed by atoms with Crippen LogP contribution in [0.25, 0.3) is 0 Å². The van der Waals surface area contributed by atoms with Crippen molar-refractivity contribution in [2.45, 2.75) is 25.7 Å². The Morgan fingerprint density at radius 1 is 1.29 bits per heavy atom. The number of alkyl halides is 3. The van der Waals surface area contributed by atoms with Gasteiger partial charge in [-0.05, 0) is 6.92 Å². The van der Waals surface area contributed by atoms with Crippen LogP contribution in [0, 0.1) is 0 Å². The van der Waals surface area contributed by atoms with Crippen molar-refractivity contribution in [3.63, 3.8) is 0 Å². The Morgan fingerprint density at radius 2 is 2.05 bits per heavy atom. The smallest absolute Gasteiger partial charge is 0.360 e. The second kappa shape index (κ2) is 4.87. The maximum Gasteiger partial charge on any atom is 0.449 e. The molecule has 5 nitrogen and oxygen atoms in total. The number of imidazole rings is 1. The Morgan fingerprint density at radius 3 is 2.71 bits per heavy atom. The highest BCUT2D eigenvalue weighted by Crippen LogP contribution is 2.35. The molecule has 0 fully saturated rings. The topological polar surface area (TPSA) is 46.8 Å². The van der Waals surface area contributed by atoms with E-state index in [2.05, 4.69) is 15.2 Å². The molecule has 0 amide bonds. The molecule has 112 valence electrons. The number of hydrogen-bond acceptors (Lipinski definition) is 4. The number of halogens is 4. The van der Waals surface area contributed by atoms with Gasteiger partial charge in [-0.1, -0.05) is 11.6 Å². The maximum atomic E-state index is 12.9. The lowest BCUT2D eigenvalue weighted by Gasteiger charge is -2.36. The fourth-order valence-electron chi connectivity index (χ4n) is 2.59. The highest BCUT2D eigenvalue weighted by Gasteiger charge is 2.39. The second-order valence-electron chi connectivity index (χ2n) is 4.76. The standard InChI is InChI=1S/C12H11ClF3N5/c1-7-9-6-17-11(12(14,15)16)21(9)3-2-20(7)8-4-10(13)19-18-5-8/h4-7H,2-3H2,1H3. The molecule has 1 aliphatic rings. The van der Waals surface area contributed by atoms with E-state index in [1.807, 2.05) is 11.8 Å². The van der Waals surface area contributed by atoms with E-state index < -0.39 is 12.0 Å². The highest BCUT2D eigenvalue weighted by molar-refractivity contribution is 6.29. The van der Waals surface area contributed by atoms with E-state index in [4.69, 9.17) is 11.6 Å². The normalized spacial score (nSPS) is 18.7. The summed E-state index contributed by atoms with van der Waals surface area (Å²) in [6.07, 6.45) is -1.63. The minimum absolute atomic E-state index is 0.203. The molecule has 0 saturated heterocycles. The monoisotopic (exact) mass is 317 g/mol. The van der Waals surface area contributed by atoms with E-state index in [9.17, 15) is 13.2 Å². The summed E-state index contributed by atoms with van der Waals surface area (Å²) in [5.74, 6) is -0.852. The van der Waals surface area contributed by atoms with Gasteiger partial charge < -0.3 is 9.47 Å². The van der Waals surface area contributed by atoms with Crippen LogP contribution < -0.4 is 4.90 Å². The molecule has 0 aliphatic carbocycles. The Hall–Kier alpha value is -1.83. The molecule has 0 N–H and O–H groups in total. The van der Waals surface area contributed by atoms with Crippen LogP contribution in [-0.4, -0.2) is 26.3 Å². The largest absolute Gasteiger partial charge is 0.449 e. The van der Waals surface area contributed by atoms with Crippen molar-refractivity contribution in [2.24, 2.45) is 0 Å². The van der Waals surface area contributed by atoms with Crippen LogP contribution in [0.15, 0.2) is 18.5 Å². The summed E-state index contributed by atoms with van der Waals surface area (Å²) in [5, 5.41) is 7.68. The van der Waals surface area contributed by atoms with Crippen molar-refractivity contribution in [3.8, 4) is 0 Å². The molecule has 21 heavy (non-hydrogen) atoms. The fraction of sp³-hybridized carbons (Fsp3) is 0.417. The second-order valence-corrected chi connectivity index (χ2v) is 5.15. The Labute approximate surface area is 123 Å². The van der Waals surface area contributed by atoms with Gasteiger partial charge in [0.25, 0.3) is 0 Å². The van der Waals surface area contributed by atoms with Gasteiger partial charge >= 0.3 is 6.18 Å². The molecule has 9 heteroatoms. The molecule has 2 aromatic rings. The Bertz CT molecular complexity index is 669. The average Bonchev–Trinajstić information content (AvgIpc) is 2.83. The van der Waals surface area contributed by atoms with Gasteiger partial charge in [-0.3, -0.25) is 0 Å². The number of anilines is 1. The zero-order valence-corrected chi connectivity index (χ0v) is 11.7. The molecule has 3 heterocycles. The first-order valence-electron chi connectivity index (χ1n) is 6.25. The minimum atomic E-state index is -4.44. The van der Waals surface area contributed by atoms with Crippen LogP contribution in [0.3, 0.4) is 0 Å². The van der Waals surface area contributed by atoms with Crippen molar-refractivity contribution in [1.29, 1.82) is 0 Å². The third-order valence-corrected chi connectivity index (χ3v) is 3.73. The predicted molar refractivity (Wildman–Crippen MR) is 70.0 cm³/mol. The van der Waals surface area contributed by atoms with E-state index in [-0.39, 0.29) is 17.7 Å². The maximum absolute atomic E-state index is 12.9. The van der Waals surface area contributed by atoms with E-state index in [1.165, 1.54) is 10.8 Å². The van der Waals surface area contributed by atoms with Crippen molar-refractivity contribution < 1.29 is 13.2 Å². The SMILES string of the molecule is CC1c2cnc(C(F)(F)F)n2CCN1c1cnnc(Cl)c1. The van der Waals surface area contributed by atoms with Gasteiger partial charge in [0.05, 0.1) is 29.8 Å². The molecule has 1 aliphatic heterocycles. The van der Waals surface area contributed by atoms with Gasteiger partial charge in [-0.25, -0.2) is 4.98 Å². The van der Waals surface area contributed by atoms with Crippen molar-refractivity contribution in [1.82, 2.24) is 19.7 Å². The number of aromatic nitrogens is 4. The lowest BCUT2D eigenvalue weighted by Crippen LogP contribution is -2.38. The highest BCUT2D eigenvalue weighted by atomic mass is 35.5. The van der Waals surface area contributed by atoms with Crippen LogP contribution in [0.5, 0.6) is 0 Å². The molecule has 2 aromatic heterocycles. The third-order valence-electron chi connectivity index (χ3n) is 3.54. The first-order valence-corrected chi connectivity index (χ1v) is 6.63.